The fourth-order valence-electron chi connectivity index (χ4n) is 2.94. The summed E-state index contributed by atoms with van der Waals surface area (Å²) in [6, 6.07) is 17.0. The molecule has 0 atom stereocenters. The van der Waals surface area contributed by atoms with Crippen molar-refractivity contribution < 1.29 is 27.6 Å². The van der Waals surface area contributed by atoms with Gasteiger partial charge in [0, 0.05) is 13.1 Å². The lowest BCUT2D eigenvalue weighted by Crippen LogP contribution is -2.36. The Bertz CT molecular complexity index is 1070. The molecule has 0 saturated heterocycles. The zero-order valence-electron chi connectivity index (χ0n) is 18.1. The smallest absolute Gasteiger partial charge is 0.306 e. The molecule has 0 aliphatic rings. The van der Waals surface area contributed by atoms with Gasteiger partial charge in [-0.25, -0.2) is 19.0 Å². The average molecular weight is 475 g/mol. The molecule has 0 aliphatic carbocycles. The zero-order chi connectivity index (χ0) is 23.8. The molecule has 0 saturated carbocycles. The topological polar surface area (TPSA) is 88.7 Å². The van der Waals surface area contributed by atoms with Crippen LogP contribution >= 0.6 is 7.59 Å². The number of hydrogen-bond acceptors (Lipinski definition) is 4. The van der Waals surface area contributed by atoms with Gasteiger partial charge in [-0.1, -0.05) is 30.3 Å². The van der Waals surface area contributed by atoms with Crippen molar-refractivity contribution in [3.63, 3.8) is 0 Å². The molecular weight excluding hydrogens is 451 g/mol. The second-order valence-electron chi connectivity index (χ2n) is 7.01. The van der Waals surface area contributed by atoms with Gasteiger partial charge in [0.25, 0.3) is 5.91 Å². The minimum Gasteiger partial charge on any atom is -0.497 e. The van der Waals surface area contributed by atoms with Crippen LogP contribution in [0.3, 0.4) is 0 Å². The Morgan fingerprint density at radius 2 is 1.21 bits per heavy atom. The molecule has 3 aromatic rings. The van der Waals surface area contributed by atoms with Crippen molar-refractivity contribution in [2.24, 2.45) is 0 Å². The van der Waals surface area contributed by atoms with Crippen LogP contribution in [0.15, 0.2) is 66.7 Å². The van der Waals surface area contributed by atoms with Gasteiger partial charge in [-0.15, -0.1) is 0 Å². The van der Waals surface area contributed by atoms with Gasteiger partial charge >= 0.3 is 7.59 Å². The van der Waals surface area contributed by atoms with E-state index >= 15 is 0 Å². The number of benzene rings is 3. The van der Waals surface area contributed by atoms with Crippen LogP contribution in [0.1, 0.15) is 21.5 Å². The first kappa shape index (κ1) is 24.4. The number of carbonyl (C=O) groups excluding carboxylic acids is 1. The van der Waals surface area contributed by atoms with E-state index in [2.05, 4.69) is 15.3 Å². The summed E-state index contributed by atoms with van der Waals surface area (Å²) < 4.78 is 51.9. The minimum absolute atomic E-state index is 0.108. The lowest BCUT2D eigenvalue weighted by Gasteiger charge is -2.22. The summed E-state index contributed by atoms with van der Waals surface area (Å²) in [7, 11) is -0.757. The highest BCUT2D eigenvalue weighted by Crippen LogP contribution is 2.33. The van der Waals surface area contributed by atoms with Gasteiger partial charge in [0.15, 0.2) is 0 Å². The highest BCUT2D eigenvalue weighted by Gasteiger charge is 2.27. The molecule has 0 spiro atoms. The average Bonchev–Trinajstić information content (AvgIpc) is 2.82. The molecule has 10 heteroatoms. The van der Waals surface area contributed by atoms with Crippen molar-refractivity contribution in [3.05, 3.63) is 95.1 Å². The monoisotopic (exact) mass is 475 g/mol. The maximum absolute atomic E-state index is 14.1. The maximum Gasteiger partial charge on any atom is 0.306 e. The van der Waals surface area contributed by atoms with Gasteiger partial charge < -0.3 is 9.47 Å². The van der Waals surface area contributed by atoms with Crippen molar-refractivity contribution in [2.75, 3.05) is 14.2 Å². The first-order valence-electron chi connectivity index (χ1n) is 9.96. The molecule has 0 fully saturated rings. The van der Waals surface area contributed by atoms with E-state index in [4.69, 9.17) is 9.47 Å². The molecule has 3 N–H and O–H groups in total. The third-order valence-electron chi connectivity index (χ3n) is 4.78. The number of halogens is 2. The Kier molecular flexibility index (Phi) is 8.16. The van der Waals surface area contributed by atoms with E-state index < -0.39 is 30.7 Å². The number of amides is 1. The van der Waals surface area contributed by atoms with Crippen LogP contribution in [0.5, 0.6) is 11.5 Å². The predicted octanol–water partition coefficient (Wildman–Crippen LogP) is 4.40. The molecule has 0 heterocycles. The minimum atomic E-state index is -3.84. The standard InChI is InChI=1S/C23H24F2N3O4P/c1-31-18-10-6-16(7-11-18)14-26-33(30,27-15-17-8-12-19(32-2)13-9-17)28-23(29)22-20(24)4-3-5-21(22)25/h3-13H,14-15H2,1-2H3,(H3,26,27,28,29,30). The lowest BCUT2D eigenvalue weighted by molar-refractivity contribution is 0.0971. The normalized spacial score (nSPS) is 11.2. The summed E-state index contributed by atoms with van der Waals surface area (Å²) in [5, 5.41) is 7.81. The lowest BCUT2D eigenvalue weighted by atomic mass is 10.2. The van der Waals surface area contributed by atoms with Gasteiger partial charge in [0.2, 0.25) is 0 Å². The molecule has 0 aliphatic heterocycles. The van der Waals surface area contributed by atoms with Crippen LogP contribution in [0.2, 0.25) is 0 Å². The van der Waals surface area contributed by atoms with Crippen LogP contribution < -0.4 is 24.7 Å². The molecule has 3 rings (SSSR count). The number of rotatable bonds is 10. The van der Waals surface area contributed by atoms with E-state index in [1.807, 2.05) is 0 Å². The second kappa shape index (κ2) is 11.0. The van der Waals surface area contributed by atoms with Gasteiger partial charge in [0.1, 0.15) is 28.7 Å². The van der Waals surface area contributed by atoms with E-state index in [-0.39, 0.29) is 13.1 Å². The Morgan fingerprint density at radius 1 is 0.788 bits per heavy atom. The van der Waals surface area contributed by atoms with E-state index in [1.165, 1.54) is 0 Å². The molecule has 1 amide bonds. The largest absolute Gasteiger partial charge is 0.497 e. The Labute approximate surface area is 190 Å². The van der Waals surface area contributed by atoms with Crippen LogP contribution in [-0.4, -0.2) is 20.1 Å². The van der Waals surface area contributed by atoms with Gasteiger partial charge in [-0.3, -0.25) is 14.4 Å². The molecule has 0 unspecified atom stereocenters. The fraction of sp³-hybridized carbons (Fsp3) is 0.174. The number of nitrogens with one attached hydrogen (secondary N) is 3. The highest BCUT2D eigenvalue weighted by atomic mass is 31.2. The zero-order valence-corrected chi connectivity index (χ0v) is 19.0. The molecule has 174 valence electrons. The molecule has 3 aromatic carbocycles. The van der Waals surface area contributed by atoms with Crippen LogP contribution in [0, 0.1) is 11.6 Å². The van der Waals surface area contributed by atoms with Crippen LogP contribution in [0.25, 0.3) is 0 Å². The molecule has 0 bridgehead atoms. The maximum atomic E-state index is 14.1. The van der Waals surface area contributed by atoms with E-state index in [1.54, 1.807) is 62.8 Å². The van der Waals surface area contributed by atoms with Crippen molar-refractivity contribution in [2.45, 2.75) is 13.1 Å². The van der Waals surface area contributed by atoms with Gasteiger partial charge in [-0.2, -0.15) is 0 Å². The number of carbonyl (C=O) groups is 1. The van der Waals surface area contributed by atoms with E-state index in [9.17, 15) is 18.1 Å². The summed E-state index contributed by atoms with van der Waals surface area (Å²) in [4.78, 5) is 12.6. The molecular formula is C23H24F2N3O4P. The number of methoxy groups -OCH3 is 2. The second-order valence-corrected chi connectivity index (χ2v) is 9.09. The summed E-state index contributed by atoms with van der Waals surface area (Å²) in [6.45, 7) is 0.216. The first-order valence-corrected chi connectivity index (χ1v) is 11.7. The van der Waals surface area contributed by atoms with Gasteiger partial charge in [0.05, 0.1) is 14.2 Å². The number of hydrogen-bond donors (Lipinski definition) is 3. The van der Waals surface area contributed by atoms with Crippen molar-refractivity contribution >= 4 is 13.5 Å². The third kappa shape index (κ3) is 6.61. The van der Waals surface area contributed by atoms with Gasteiger partial charge in [-0.05, 0) is 47.5 Å². The Morgan fingerprint density at radius 3 is 1.61 bits per heavy atom. The SMILES string of the molecule is COc1ccc(CNP(=O)(NCc2ccc(OC)cc2)NC(=O)c2c(F)cccc2F)cc1. The van der Waals surface area contributed by atoms with E-state index in [0.29, 0.717) is 11.5 Å². The van der Waals surface area contributed by atoms with Crippen LogP contribution in [0.4, 0.5) is 8.78 Å². The van der Waals surface area contributed by atoms with E-state index in [0.717, 1.165) is 29.3 Å². The van der Waals surface area contributed by atoms with Crippen molar-refractivity contribution in [1.82, 2.24) is 15.3 Å². The summed E-state index contributed by atoms with van der Waals surface area (Å²) in [6.07, 6.45) is 0. The first-order chi connectivity index (χ1) is 15.8. The molecule has 0 radical (unpaired) electrons. The molecule has 7 nitrogen and oxygen atoms in total. The molecule has 0 aromatic heterocycles. The third-order valence-corrected chi connectivity index (χ3v) is 6.50. The van der Waals surface area contributed by atoms with Crippen molar-refractivity contribution in [1.29, 1.82) is 0 Å². The quantitative estimate of drug-likeness (QED) is 0.377. The Hall–Kier alpha value is -3.26. The van der Waals surface area contributed by atoms with Crippen molar-refractivity contribution in [3.8, 4) is 11.5 Å². The van der Waals surface area contributed by atoms with Crippen LogP contribution in [-0.2, 0) is 17.7 Å². The fourth-order valence-corrected chi connectivity index (χ4v) is 4.42. The molecule has 33 heavy (non-hydrogen) atoms. The summed E-state index contributed by atoms with van der Waals surface area (Å²) in [5.41, 5.74) is 0.706. The predicted molar refractivity (Wildman–Crippen MR) is 121 cm³/mol. The summed E-state index contributed by atoms with van der Waals surface area (Å²) in [5.74, 6) is -1.93. The highest BCUT2D eigenvalue weighted by molar-refractivity contribution is 7.58. The number of ether oxygens (including phenoxy) is 2. The summed E-state index contributed by atoms with van der Waals surface area (Å²) >= 11 is 0. The Balaban J connectivity index is 1.78.